The third kappa shape index (κ3) is 6.55. The third-order valence-corrected chi connectivity index (χ3v) is 6.50. The Hall–Kier alpha value is -2.41. The molecule has 172 valence electrons. The van der Waals surface area contributed by atoms with Crippen LogP contribution in [0.5, 0.6) is 5.75 Å². The van der Waals surface area contributed by atoms with E-state index in [4.69, 9.17) is 9.47 Å². The molecule has 1 N–H and O–H groups in total. The second-order valence-electron chi connectivity index (χ2n) is 8.82. The average Bonchev–Trinajstić information content (AvgIpc) is 2.85. The van der Waals surface area contributed by atoms with Crippen molar-refractivity contribution in [3.63, 3.8) is 0 Å². The van der Waals surface area contributed by atoms with E-state index in [0.29, 0.717) is 6.54 Å². The number of benzene rings is 2. The number of piperidine rings is 1. The van der Waals surface area contributed by atoms with Gasteiger partial charge in [-0.1, -0.05) is 36.4 Å². The number of nitrogens with zero attached hydrogens (tertiary/aromatic N) is 2. The first kappa shape index (κ1) is 22.8. The highest BCUT2D eigenvalue weighted by molar-refractivity contribution is 5.78. The summed E-state index contributed by atoms with van der Waals surface area (Å²) in [6.07, 6.45) is 1.82. The van der Waals surface area contributed by atoms with E-state index in [1.165, 1.54) is 11.1 Å². The Morgan fingerprint density at radius 3 is 2.31 bits per heavy atom. The van der Waals surface area contributed by atoms with E-state index >= 15 is 0 Å². The highest BCUT2D eigenvalue weighted by Crippen LogP contribution is 2.21. The van der Waals surface area contributed by atoms with Crippen molar-refractivity contribution >= 4 is 5.91 Å². The van der Waals surface area contributed by atoms with Gasteiger partial charge in [0.1, 0.15) is 5.75 Å². The Kier molecular flexibility index (Phi) is 8.15. The van der Waals surface area contributed by atoms with E-state index in [2.05, 4.69) is 51.5 Å². The topological polar surface area (TPSA) is 54.0 Å². The number of nitrogens with one attached hydrogen (secondary N) is 1. The lowest BCUT2D eigenvalue weighted by Crippen LogP contribution is -2.40. The van der Waals surface area contributed by atoms with Gasteiger partial charge in [-0.05, 0) is 54.8 Å². The lowest BCUT2D eigenvalue weighted by Gasteiger charge is -2.31. The van der Waals surface area contributed by atoms with E-state index < -0.39 is 0 Å². The Morgan fingerprint density at radius 2 is 1.59 bits per heavy atom. The van der Waals surface area contributed by atoms with Gasteiger partial charge >= 0.3 is 0 Å². The summed E-state index contributed by atoms with van der Waals surface area (Å²) in [6.45, 7) is 8.00. The lowest BCUT2D eigenvalue weighted by atomic mass is 9.95. The highest BCUT2D eigenvalue weighted by atomic mass is 16.5. The van der Waals surface area contributed by atoms with Crippen LogP contribution in [0.15, 0.2) is 48.5 Å². The molecule has 0 aromatic heterocycles. The molecule has 0 bridgehead atoms. The molecule has 2 aromatic rings. The molecule has 0 radical (unpaired) electrons. The van der Waals surface area contributed by atoms with Gasteiger partial charge in [-0.2, -0.15) is 0 Å². The first-order valence-corrected chi connectivity index (χ1v) is 11.7. The van der Waals surface area contributed by atoms with Crippen LogP contribution in [0, 0.1) is 5.92 Å². The van der Waals surface area contributed by atoms with E-state index in [-0.39, 0.29) is 11.8 Å². The van der Waals surface area contributed by atoms with Crippen molar-refractivity contribution in [1.29, 1.82) is 0 Å². The minimum Gasteiger partial charge on any atom is -0.497 e. The van der Waals surface area contributed by atoms with E-state index in [1.54, 1.807) is 7.11 Å². The predicted molar refractivity (Wildman–Crippen MR) is 125 cm³/mol. The van der Waals surface area contributed by atoms with Gasteiger partial charge in [0.2, 0.25) is 5.91 Å². The van der Waals surface area contributed by atoms with Crippen molar-refractivity contribution in [3.8, 4) is 5.75 Å². The summed E-state index contributed by atoms with van der Waals surface area (Å²) in [7, 11) is 1.70. The molecule has 2 aliphatic heterocycles. The zero-order valence-corrected chi connectivity index (χ0v) is 19.1. The first-order valence-electron chi connectivity index (χ1n) is 11.7. The van der Waals surface area contributed by atoms with Crippen molar-refractivity contribution in [2.45, 2.75) is 32.5 Å². The summed E-state index contributed by atoms with van der Waals surface area (Å²) in [6, 6.07) is 16.8. The average molecular weight is 438 g/mol. The van der Waals surface area contributed by atoms with Crippen LogP contribution in [0.4, 0.5) is 0 Å². The minimum atomic E-state index is 0.108. The molecule has 2 fully saturated rings. The molecule has 2 saturated heterocycles. The molecule has 2 aromatic carbocycles. The molecule has 2 aliphatic rings. The van der Waals surface area contributed by atoms with Crippen molar-refractivity contribution in [3.05, 3.63) is 65.2 Å². The highest BCUT2D eigenvalue weighted by Gasteiger charge is 2.24. The van der Waals surface area contributed by atoms with Crippen LogP contribution in [0.1, 0.15) is 29.5 Å². The summed E-state index contributed by atoms with van der Waals surface area (Å²) in [5, 5.41) is 3.15. The molecule has 6 heteroatoms. The number of methoxy groups -OCH3 is 1. The molecule has 4 rings (SSSR count). The van der Waals surface area contributed by atoms with Gasteiger partial charge in [0, 0.05) is 38.6 Å². The fraction of sp³-hybridized carbons (Fsp3) is 0.500. The second kappa shape index (κ2) is 11.5. The maximum atomic E-state index is 12.7. The number of likely N-dealkylation sites (tertiary alicyclic amines) is 1. The van der Waals surface area contributed by atoms with Gasteiger partial charge in [0.25, 0.3) is 0 Å². The number of carbonyl (C=O) groups excluding carboxylic acids is 1. The number of hydrogen-bond acceptors (Lipinski definition) is 5. The largest absolute Gasteiger partial charge is 0.497 e. The van der Waals surface area contributed by atoms with E-state index in [1.807, 2.05) is 12.1 Å². The molecule has 2 heterocycles. The summed E-state index contributed by atoms with van der Waals surface area (Å²) in [5.41, 5.74) is 3.72. The van der Waals surface area contributed by atoms with Crippen molar-refractivity contribution in [2.75, 3.05) is 46.5 Å². The predicted octanol–water partition coefficient (Wildman–Crippen LogP) is 3.06. The van der Waals surface area contributed by atoms with Gasteiger partial charge in [0.15, 0.2) is 0 Å². The Labute approximate surface area is 191 Å². The SMILES string of the molecule is COc1cccc(CN2CCC(C(=O)NCc3ccc(CN4CCOCC4)cc3)CC2)c1. The number of morpholine rings is 1. The molecule has 0 saturated carbocycles. The van der Waals surface area contributed by atoms with Gasteiger partial charge in [0.05, 0.1) is 20.3 Å². The number of ether oxygens (including phenoxy) is 2. The van der Waals surface area contributed by atoms with Crippen molar-refractivity contribution in [1.82, 2.24) is 15.1 Å². The van der Waals surface area contributed by atoms with Crippen LogP contribution in [0.3, 0.4) is 0 Å². The zero-order chi connectivity index (χ0) is 22.2. The molecular weight excluding hydrogens is 402 g/mol. The molecule has 0 aliphatic carbocycles. The molecule has 1 amide bonds. The first-order chi connectivity index (χ1) is 15.7. The maximum absolute atomic E-state index is 12.7. The standard InChI is InChI=1S/C26H35N3O3/c1-31-25-4-2-3-23(17-25)20-28-11-9-24(10-12-28)26(30)27-18-21-5-7-22(8-6-21)19-29-13-15-32-16-14-29/h2-8,17,24H,9-16,18-20H2,1H3,(H,27,30). The summed E-state index contributed by atoms with van der Waals surface area (Å²) in [5.74, 6) is 1.19. The van der Waals surface area contributed by atoms with Crippen LogP contribution < -0.4 is 10.1 Å². The monoisotopic (exact) mass is 437 g/mol. The van der Waals surface area contributed by atoms with Crippen molar-refractivity contribution < 1.29 is 14.3 Å². The van der Waals surface area contributed by atoms with Crippen LogP contribution in [-0.2, 0) is 29.2 Å². The molecule has 6 nitrogen and oxygen atoms in total. The van der Waals surface area contributed by atoms with Crippen LogP contribution in [0.25, 0.3) is 0 Å². The Balaban J connectivity index is 1.18. The third-order valence-electron chi connectivity index (χ3n) is 6.50. The van der Waals surface area contributed by atoms with Crippen LogP contribution >= 0.6 is 0 Å². The number of hydrogen-bond donors (Lipinski definition) is 1. The fourth-order valence-electron chi connectivity index (χ4n) is 4.50. The van der Waals surface area contributed by atoms with Crippen LogP contribution in [0.2, 0.25) is 0 Å². The van der Waals surface area contributed by atoms with Crippen molar-refractivity contribution in [2.24, 2.45) is 5.92 Å². The summed E-state index contributed by atoms with van der Waals surface area (Å²) >= 11 is 0. The fourth-order valence-corrected chi connectivity index (χ4v) is 4.50. The summed E-state index contributed by atoms with van der Waals surface area (Å²) < 4.78 is 10.7. The van der Waals surface area contributed by atoms with Gasteiger partial charge in [-0.15, -0.1) is 0 Å². The van der Waals surface area contributed by atoms with Crippen LogP contribution in [-0.4, -0.2) is 62.2 Å². The van der Waals surface area contributed by atoms with Gasteiger partial charge in [-0.3, -0.25) is 14.6 Å². The van der Waals surface area contributed by atoms with E-state index in [9.17, 15) is 4.79 Å². The number of carbonyl (C=O) groups is 1. The quantitative estimate of drug-likeness (QED) is 0.688. The van der Waals surface area contributed by atoms with Gasteiger partial charge < -0.3 is 14.8 Å². The summed E-state index contributed by atoms with van der Waals surface area (Å²) in [4.78, 5) is 17.5. The number of amides is 1. The number of rotatable bonds is 8. The Bertz CT molecular complexity index is 857. The molecule has 32 heavy (non-hydrogen) atoms. The smallest absolute Gasteiger partial charge is 0.223 e. The molecule has 0 unspecified atom stereocenters. The maximum Gasteiger partial charge on any atom is 0.223 e. The second-order valence-corrected chi connectivity index (χ2v) is 8.82. The lowest BCUT2D eigenvalue weighted by molar-refractivity contribution is -0.126. The van der Waals surface area contributed by atoms with Gasteiger partial charge in [-0.25, -0.2) is 0 Å². The molecule has 0 atom stereocenters. The molecular formula is C26H35N3O3. The molecule has 0 spiro atoms. The normalized spacial score (nSPS) is 18.4. The van der Waals surface area contributed by atoms with E-state index in [0.717, 1.165) is 76.6 Å². The zero-order valence-electron chi connectivity index (χ0n) is 19.1. The Morgan fingerprint density at radius 1 is 0.938 bits per heavy atom. The minimum absolute atomic E-state index is 0.108.